The minimum atomic E-state index is -0.740. The first-order valence-corrected chi connectivity index (χ1v) is 8.47. The van der Waals surface area contributed by atoms with Crippen LogP contribution in [0.4, 0.5) is 4.79 Å². The van der Waals surface area contributed by atoms with Crippen LogP contribution in [0.1, 0.15) is 31.2 Å². The van der Waals surface area contributed by atoms with Crippen molar-refractivity contribution in [1.29, 1.82) is 0 Å². The molecule has 1 aliphatic carbocycles. The number of methoxy groups -OCH3 is 1. The maximum absolute atomic E-state index is 11.9. The second-order valence-corrected chi connectivity index (χ2v) is 6.41. The highest BCUT2D eigenvalue weighted by Gasteiger charge is 2.26. The van der Waals surface area contributed by atoms with Gasteiger partial charge in [-0.3, -0.25) is 4.79 Å². The average Bonchev–Trinajstić information content (AvgIpc) is 2.56. The van der Waals surface area contributed by atoms with E-state index >= 15 is 0 Å². The lowest BCUT2D eigenvalue weighted by Gasteiger charge is -2.26. The number of urea groups is 1. The van der Waals surface area contributed by atoms with Gasteiger partial charge in [0.15, 0.2) is 0 Å². The molecule has 0 saturated heterocycles. The van der Waals surface area contributed by atoms with Crippen molar-refractivity contribution in [1.82, 2.24) is 10.6 Å². The van der Waals surface area contributed by atoms with E-state index in [1.807, 2.05) is 12.1 Å². The summed E-state index contributed by atoms with van der Waals surface area (Å²) in [7, 11) is 1.57. The number of carboxylic acids is 1. The fraction of sp³-hybridized carbons (Fsp3) is 0.529. The first-order chi connectivity index (χ1) is 11.5. The number of ether oxygens (including phenoxy) is 1. The lowest BCUT2D eigenvalue weighted by Crippen LogP contribution is -2.44. The summed E-state index contributed by atoms with van der Waals surface area (Å²) in [4.78, 5) is 22.8. The summed E-state index contributed by atoms with van der Waals surface area (Å²) in [6, 6.07) is 5.37. The van der Waals surface area contributed by atoms with Gasteiger partial charge in [0.1, 0.15) is 5.75 Å². The van der Waals surface area contributed by atoms with Crippen LogP contribution in [-0.4, -0.2) is 36.8 Å². The number of nitrogens with one attached hydrogen (secondary N) is 2. The highest BCUT2D eigenvalue weighted by molar-refractivity contribution is 6.32. The fourth-order valence-corrected chi connectivity index (χ4v) is 3.10. The molecule has 132 valence electrons. The molecule has 1 fully saturated rings. The largest absolute Gasteiger partial charge is 0.495 e. The Kier molecular flexibility index (Phi) is 6.73. The van der Waals surface area contributed by atoms with E-state index in [0.717, 1.165) is 5.56 Å². The number of amides is 2. The molecule has 7 heteroatoms. The fourth-order valence-electron chi connectivity index (χ4n) is 2.90. The van der Waals surface area contributed by atoms with E-state index in [0.29, 0.717) is 49.4 Å². The second kappa shape index (κ2) is 8.78. The first-order valence-electron chi connectivity index (χ1n) is 8.09. The van der Waals surface area contributed by atoms with Gasteiger partial charge >= 0.3 is 12.0 Å². The van der Waals surface area contributed by atoms with Crippen LogP contribution >= 0.6 is 11.6 Å². The number of carboxylic acid groups (broad SMARTS) is 1. The van der Waals surface area contributed by atoms with Gasteiger partial charge in [0.25, 0.3) is 0 Å². The molecule has 2 rings (SSSR count). The number of hydrogen-bond donors (Lipinski definition) is 3. The normalized spacial score (nSPS) is 20.2. The molecule has 3 N–H and O–H groups in total. The van der Waals surface area contributed by atoms with Gasteiger partial charge in [0.2, 0.25) is 0 Å². The molecule has 0 atom stereocenters. The first kappa shape index (κ1) is 18.4. The molecular weight excluding hydrogens is 332 g/mol. The Labute approximate surface area is 146 Å². The molecule has 6 nitrogen and oxygen atoms in total. The minimum Gasteiger partial charge on any atom is -0.495 e. The van der Waals surface area contributed by atoms with E-state index < -0.39 is 5.97 Å². The Hall–Kier alpha value is -1.95. The van der Waals surface area contributed by atoms with Crippen molar-refractivity contribution < 1.29 is 19.4 Å². The van der Waals surface area contributed by atoms with Crippen LogP contribution in [0.25, 0.3) is 0 Å². The topological polar surface area (TPSA) is 87.7 Å². The van der Waals surface area contributed by atoms with Crippen molar-refractivity contribution in [2.24, 2.45) is 5.92 Å². The summed E-state index contributed by atoms with van der Waals surface area (Å²) >= 11 is 5.98. The highest BCUT2D eigenvalue weighted by Crippen LogP contribution is 2.25. The monoisotopic (exact) mass is 354 g/mol. The van der Waals surface area contributed by atoms with Crippen molar-refractivity contribution in [3.05, 3.63) is 28.8 Å². The van der Waals surface area contributed by atoms with Gasteiger partial charge in [-0.05, 0) is 49.8 Å². The van der Waals surface area contributed by atoms with Crippen LogP contribution in [0.3, 0.4) is 0 Å². The zero-order valence-electron chi connectivity index (χ0n) is 13.7. The molecule has 0 radical (unpaired) electrons. The molecule has 0 spiro atoms. The Morgan fingerprint density at radius 3 is 2.62 bits per heavy atom. The van der Waals surface area contributed by atoms with Crippen LogP contribution in [-0.2, 0) is 11.2 Å². The van der Waals surface area contributed by atoms with Gasteiger partial charge in [-0.2, -0.15) is 0 Å². The van der Waals surface area contributed by atoms with Gasteiger partial charge in [0, 0.05) is 12.6 Å². The van der Waals surface area contributed by atoms with E-state index in [9.17, 15) is 9.59 Å². The van der Waals surface area contributed by atoms with Crippen LogP contribution in [0.2, 0.25) is 5.02 Å². The van der Waals surface area contributed by atoms with Crippen LogP contribution in [0, 0.1) is 5.92 Å². The lowest BCUT2D eigenvalue weighted by atomic mass is 9.86. The Morgan fingerprint density at radius 2 is 2.00 bits per heavy atom. The van der Waals surface area contributed by atoms with Gasteiger partial charge in [0.05, 0.1) is 18.1 Å². The lowest BCUT2D eigenvalue weighted by molar-refractivity contribution is -0.142. The van der Waals surface area contributed by atoms with Gasteiger partial charge in [-0.1, -0.05) is 17.7 Å². The van der Waals surface area contributed by atoms with E-state index in [1.165, 1.54) is 0 Å². The molecule has 0 aliphatic heterocycles. The molecule has 2 amide bonds. The smallest absolute Gasteiger partial charge is 0.315 e. The van der Waals surface area contributed by atoms with E-state index in [2.05, 4.69) is 10.6 Å². The quantitative estimate of drug-likeness (QED) is 0.733. The minimum absolute atomic E-state index is 0.0521. The number of halogens is 1. The zero-order chi connectivity index (χ0) is 17.5. The number of benzene rings is 1. The van der Waals surface area contributed by atoms with E-state index in [-0.39, 0.29) is 18.0 Å². The van der Waals surface area contributed by atoms with Crippen molar-refractivity contribution in [3.63, 3.8) is 0 Å². The third-order valence-corrected chi connectivity index (χ3v) is 4.64. The van der Waals surface area contributed by atoms with Crippen LogP contribution in [0.15, 0.2) is 18.2 Å². The second-order valence-electron chi connectivity index (χ2n) is 6.01. The molecule has 0 bridgehead atoms. The maximum atomic E-state index is 11.9. The molecule has 1 aromatic rings. The molecule has 1 aliphatic rings. The van der Waals surface area contributed by atoms with Crippen molar-refractivity contribution in [3.8, 4) is 5.75 Å². The molecule has 0 unspecified atom stereocenters. The number of rotatable bonds is 6. The van der Waals surface area contributed by atoms with Crippen LogP contribution < -0.4 is 15.4 Å². The molecule has 0 aromatic heterocycles. The standard InChI is InChI=1S/C17H23ClN2O4/c1-24-15-10-11(2-7-14(15)18)8-9-19-17(23)20-13-5-3-12(4-6-13)16(21)22/h2,7,10,12-13H,3-6,8-9H2,1H3,(H,21,22)(H2,19,20,23). The van der Waals surface area contributed by atoms with Crippen molar-refractivity contribution >= 4 is 23.6 Å². The predicted molar refractivity (Wildman–Crippen MR) is 91.6 cm³/mol. The maximum Gasteiger partial charge on any atom is 0.315 e. The van der Waals surface area contributed by atoms with E-state index in [1.54, 1.807) is 13.2 Å². The molecular formula is C17H23ClN2O4. The third kappa shape index (κ3) is 5.30. The number of hydrogen-bond acceptors (Lipinski definition) is 3. The Morgan fingerprint density at radius 1 is 1.29 bits per heavy atom. The van der Waals surface area contributed by atoms with Crippen molar-refractivity contribution in [2.75, 3.05) is 13.7 Å². The average molecular weight is 355 g/mol. The summed E-state index contributed by atoms with van der Waals surface area (Å²) in [5.74, 6) is -0.393. The van der Waals surface area contributed by atoms with Crippen LogP contribution in [0.5, 0.6) is 5.75 Å². The van der Waals surface area contributed by atoms with Gasteiger partial charge < -0.3 is 20.5 Å². The zero-order valence-corrected chi connectivity index (χ0v) is 14.4. The molecule has 24 heavy (non-hydrogen) atoms. The molecule has 1 aromatic carbocycles. The number of carbonyl (C=O) groups is 2. The summed E-state index contributed by atoms with van der Waals surface area (Å²) in [6.07, 6.45) is 3.32. The van der Waals surface area contributed by atoms with Gasteiger partial charge in [-0.25, -0.2) is 4.79 Å². The highest BCUT2D eigenvalue weighted by atomic mass is 35.5. The summed E-state index contributed by atoms with van der Waals surface area (Å²) in [5.41, 5.74) is 1.03. The van der Waals surface area contributed by atoms with Crippen molar-refractivity contribution in [2.45, 2.75) is 38.1 Å². The third-order valence-electron chi connectivity index (χ3n) is 4.33. The van der Waals surface area contributed by atoms with Gasteiger partial charge in [-0.15, -0.1) is 0 Å². The molecule has 0 heterocycles. The number of aliphatic carboxylic acids is 1. The summed E-state index contributed by atoms with van der Waals surface area (Å²) in [5, 5.41) is 15.3. The number of carbonyl (C=O) groups excluding carboxylic acids is 1. The predicted octanol–water partition coefficient (Wildman–Crippen LogP) is 2.83. The summed E-state index contributed by atoms with van der Waals surface area (Å²) in [6.45, 7) is 0.501. The Bertz CT molecular complexity index is 586. The Balaban J connectivity index is 1.69. The van der Waals surface area contributed by atoms with E-state index in [4.69, 9.17) is 21.4 Å². The summed E-state index contributed by atoms with van der Waals surface area (Å²) < 4.78 is 5.17. The molecule has 1 saturated carbocycles. The SMILES string of the molecule is COc1cc(CCNC(=O)NC2CCC(C(=O)O)CC2)ccc1Cl.